The van der Waals surface area contributed by atoms with Gasteiger partial charge in [0.05, 0.1) is 30.0 Å². The van der Waals surface area contributed by atoms with E-state index in [1.54, 1.807) is 12.1 Å². The van der Waals surface area contributed by atoms with Crippen molar-refractivity contribution in [2.24, 2.45) is 0 Å². The summed E-state index contributed by atoms with van der Waals surface area (Å²) in [6, 6.07) is 18.7. The van der Waals surface area contributed by atoms with E-state index in [0.717, 1.165) is 5.69 Å². The van der Waals surface area contributed by atoms with Gasteiger partial charge in [-0.3, -0.25) is 4.79 Å². The summed E-state index contributed by atoms with van der Waals surface area (Å²) in [6.45, 7) is 0. The van der Waals surface area contributed by atoms with Crippen LogP contribution in [-0.2, 0) is 0 Å². The lowest BCUT2D eigenvalue weighted by molar-refractivity contribution is 0.102. The fourth-order valence-electron chi connectivity index (χ4n) is 2.28. The molecule has 0 saturated heterocycles. The fourth-order valence-corrected chi connectivity index (χ4v) is 2.28. The molecule has 132 valence electrons. The molecule has 0 aliphatic carbocycles. The molecule has 8 heteroatoms. The first-order valence-corrected chi connectivity index (χ1v) is 8.12. The summed E-state index contributed by atoms with van der Waals surface area (Å²) in [5, 5.41) is 11.0. The molecule has 2 aromatic heterocycles. The number of aromatic nitrogens is 5. The molecule has 0 bridgehead atoms. The minimum Gasteiger partial charge on any atom is -0.424 e. The lowest BCUT2D eigenvalue weighted by Gasteiger charge is -2.05. The lowest BCUT2D eigenvalue weighted by Crippen LogP contribution is -2.13. The first-order valence-electron chi connectivity index (χ1n) is 8.12. The molecule has 1 amide bonds. The van der Waals surface area contributed by atoms with Crippen LogP contribution >= 0.6 is 0 Å². The third-order valence-corrected chi connectivity index (χ3v) is 3.55. The van der Waals surface area contributed by atoms with Gasteiger partial charge in [0.25, 0.3) is 5.91 Å². The zero-order valence-electron chi connectivity index (χ0n) is 14.1. The predicted molar refractivity (Wildman–Crippen MR) is 97.9 cm³/mol. The van der Waals surface area contributed by atoms with Crippen LogP contribution in [0.3, 0.4) is 0 Å². The molecule has 8 nitrogen and oxygen atoms in total. The van der Waals surface area contributed by atoms with E-state index < -0.39 is 5.91 Å². The maximum atomic E-state index is 12.3. The molecule has 0 unspecified atom stereocenters. The summed E-state index contributed by atoms with van der Waals surface area (Å²) in [5.74, 6) is 0.226. The van der Waals surface area contributed by atoms with Gasteiger partial charge in [-0.05, 0) is 24.3 Å². The molecule has 4 rings (SSSR count). The number of nitrogens with zero attached hydrogens (tertiary/aromatic N) is 5. The van der Waals surface area contributed by atoms with E-state index in [1.807, 2.05) is 48.5 Å². The van der Waals surface area contributed by atoms with Crippen molar-refractivity contribution in [1.82, 2.24) is 25.0 Å². The van der Waals surface area contributed by atoms with Gasteiger partial charge in [-0.25, -0.2) is 9.97 Å². The molecule has 0 atom stereocenters. The number of hydrogen-bond acceptors (Lipinski definition) is 6. The van der Waals surface area contributed by atoms with Crippen molar-refractivity contribution in [2.75, 3.05) is 5.32 Å². The fraction of sp³-hybridized carbons (Fsp3) is 0. The third-order valence-electron chi connectivity index (χ3n) is 3.55. The van der Waals surface area contributed by atoms with E-state index in [1.165, 1.54) is 23.4 Å². The average molecular weight is 358 g/mol. The van der Waals surface area contributed by atoms with Gasteiger partial charge in [-0.15, -0.1) is 5.10 Å². The third kappa shape index (κ3) is 3.96. The largest absolute Gasteiger partial charge is 0.424 e. The van der Waals surface area contributed by atoms with E-state index in [-0.39, 0.29) is 11.7 Å². The molecule has 27 heavy (non-hydrogen) atoms. The number of para-hydroxylation sites is 2. The molecular weight excluding hydrogens is 344 g/mol. The van der Waals surface area contributed by atoms with Crippen LogP contribution in [0.4, 0.5) is 5.69 Å². The number of hydrogen-bond donors (Lipinski definition) is 1. The van der Waals surface area contributed by atoms with Gasteiger partial charge in [-0.2, -0.15) is 9.90 Å². The summed E-state index contributed by atoms with van der Waals surface area (Å²) in [5.41, 5.74) is 1.38. The van der Waals surface area contributed by atoms with Crippen LogP contribution in [0, 0.1) is 0 Å². The number of rotatable bonds is 5. The molecule has 0 radical (unpaired) electrons. The first-order chi connectivity index (χ1) is 13.3. The number of ether oxygens (including phenoxy) is 1. The Kier molecular flexibility index (Phi) is 4.52. The number of carbonyl (C=O) groups excluding carboxylic acids is 1. The van der Waals surface area contributed by atoms with Gasteiger partial charge in [0.15, 0.2) is 5.69 Å². The first kappa shape index (κ1) is 16.4. The van der Waals surface area contributed by atoms with Crippen molar-refractivity contribution in [1.29, 1.82) is 0 Å². The second kappa shape index (κ2) is 7.44. The number of nitrogens with one attached hydrogen (secondary N) is 1. The number of carbonyl (C=O) groups is 1. The van der Waals surface area contributed by atoms with Gasteiger partial charge >= 0.3 is 6.01 Å². The second-order valence-corrected chi connectivity index (χ2v) is 5.48. The molecule has 0 aliphatic rings. The summed E-state index contributed by atoms with van der Waals surface area (Å²) in [7, 11) is 0. The minimum atomic E-state index is -0.405. The Hall–Kier alpha value is -4.07. The average Bonchev–Trinajstić information content (AvgIpc) is 3.21. The Labute approximate surface area is 154 Å². The summed E-state index contributed by atoms with van der Waals surface area (Å²) in [4.78, 5) is 21.9. The molecule has 2 aromatic carbocycles. The Balaban J connectivity index is 1.42. The van der Waals surface area contributed by atoms with Crippen LogP contribution < -0.4 is 10.1 Å². The van der Waals surface area contributed by atoms with E-state index in [0.29, 0.717) is 11.4 Å². The van der Waals surface area contributed by atoms with E-state index >= 15 is 0 Å². The number of benzene rings is 2. The lowest BCUT2D eigenvalue weighted by atomic mass is 10.3. The molecular formula is C19H14N6O2. The van der Waals surface area contributed by atoms with Crippen molar-refractivity contribution in [2.45, 2.75) is 0 Å². The van der Waals surface area contributed by atoms with Crippen molar-refractivity contribution >= 4 is 11.6 Å². The van der Waals surface area contributed by atoms with E-state index in [2.05, 4.69) is 25.5 Å². The van der Waals surface area contributed by atoms with Crippen molar-refractivity contribution in [3.63, 3.8) is 0 Å². The van der Waals surface area contributed by atoms with Crippen LogP contribution in [0.2, 0.25) is 0 Å². The highest BCUT2D eigenvalue weighted by Gasteiger charge is 2.12. The van der Waals surface area contributed by atoms with Crippen molar-refractivity contribution < 1.29 is 9.53 Å². The Morgan fingerprint density at radius 3 is 2.26 bits per heavy atom. The zero-order chi connectivity index (χ0) is 18.5. The van der Waals surface area contributed by atoms with Crippen LogP contribution in [0.1, 0.15) is 10.5 Å². The van der Waals surface area contributed by atoms with E-state index in [4.69, 9.17) is 4.74 Å². The molecule has 0 aliphatic heterocycles. The van der Waals surface area contributed by atoms with Gasteiger partial charge in [0, 0.05) is 0 Å². The summed E-state index contributed by atoms with van der Waals surface area (Å²) < 4.78 is 5.51. The topological polar surface area (TPSA) is 94.8 Å². The SMILES string of the molecule is O=C(Nc1cnc(Oc2ccccc2)nc1)c1cnn(-c2ccccc2)n1. The molecule has 0 spiro atoms. The quantitative estimate of drug-likeness (QED) is 0.589. The summed E-state index contributed by atoms with van der Waals surface area (Å²) >= 11 is 0. The van der Waals surface area contributed by atoms with Gasteiger partial charge in [0.1, 0.15) is 5.75 Å². The van der Waals surface area contributed by atoms with Gasteiger partial charge in [0.2, 0.25) is 0 Å². The van der Waals surface area contributed by atoms with Crippen molar-refractivity contribution in [3.8, 4) is 17.4 Å². The normalized spacial score (nSPS) is 10.4. The summed E-state index contributed by atoms with van der Waals surface area (Å²) in [6.07, 6.45) is 4.33. The van der Waals surface area contributed by atoms with Gasteiger partial charge in [-0.1, -0.05) is 36.4 Å². The molecule has 0 fully saturated rings. The second-order valence-electron chi connectivity index (χ2n) is 5.48. The number of anilines is 1. The van der Waals surface area contributed by atoms with Crippen LogP contribution in [0.15, 0.2) is 79.3 Å². The molecule has 0 saturated carbocycles. The predicted octanol–water partition coefficient (Wildman–Crippen LogP) is 3.10. The van der Waals surface area contributed by atoms with E-state index in [9.17, 15) is 4.79 Å². The Morgan fingerprint density at radius 2 is 1.56 bits per heavy atom. The number of amides is 1. The van der Waals surface area contributed by atoms with Crippen LogP contribution in [-0.4, -0.2) is 30.9 Å². The van der Waals surface area contributed by atoms with Crippen LogP contribution in [0.25, 0.3) is 5.69 Å². The maximum absolute atomic E-state index is 12.3. The maximum Gasteiger partial charge on any atom is 0.322 e. The highest BCUT2D eigenvalue weighted by molar-refractivity contribution is 6.02. The smallest absolute Gasteiger partial charge is 0.322 e. The Bertz CT molecular complexity index is 1030. The molecule has 2 heterocycles. The standard InChI is InChI=1S/C19H14N6O2/c26-18(17-13-22-25(24-17)15-7-3-1-4-8-15)23-14-11-20-19(21-12-14)27-16-9-5-2-6-10-16/h1-13H,(H,23,26). The molecule has 4 aromatic rings. The monoisotopic (exact) mass is 358 g/mol. The van der Waals surface area contributed by atoms with Gasteiger partial charge < -0.3 is 10.1 Å². The highest BCUT2D eigenvalue weighted by atomic mass is 16.5. The Morgan fingerprint density at radius 1 is 0.889 bits per heavy atom. The minimum absolute atomic E-state index is 0.184. The van der Waals surface area contributed by atoms with Crippen LogP contribution in [0.5, 0.6) is 11.8 Å². The molecule has 1 N–H and O–H groups in total. The zero-order valence-corrected chi connectivity index (χ0v) is 14.1. The highest BCUT2D eigenvalue weighted by Crippen LogP contribution is 2.17. The van der Waals surface area contributed by atoms with Crippen molar-refractivity contribution in [3.05, 3.63) is 84.9 Å².